The summed E-state index contributed by atoms with van der Waals surface area (Å²) in [5, 5.41) is 9.29. The number of rotatable bonds is 4. The van der Waals surface area contributed by atoms with Crippen molar-refractivity contribution in [1.82, 2.24) is 4.90 Å². The Morgan fingerprint density at radius 1 is 1.53 bits per heavy atom. The molecule has 2 rings (SSSR count). The molecule has 1 N–H and O–H groups in total. The zero-order valence-corrected chi connectivity index (χ0v) is 10.9. The van der Waals surface area contributed by atoms with Gasteiger partial charge in [0.1, 0.15) is 0 Å². The molecule has 0 aromatic heterocycles. The van der Waals surface area contributed by atoms with Crippen molar-refractivity contribution in [3.8, 4) is 5.75 Å². The number of likely N-dealkylation sites (tertiary alicyclic amines) is 1. The summed E-state index contributed by atoms with van der Waals surface area (Å²) < 4.78 is 18.5. The van der Waals surface area contributed by atoms with Crippen LogP contribution < -0.4 is 4.74 Å². The van der Waals surface area contributed by atoms with Gasteiger partial charge in [-0.25, -0.2) is 4.39 Å². The molecule has 1 heterocycles. The summed E-state index contributed by atoms with van der Waals surface area (Å²) in [4.78, 5) is 13.6. The molecular weight excluding hydrogens is 249 g/mol. The number of aliphatic hydroxyl groups is 1. The van der Waals surface area contributed by atoms with E-state index in [9.17, 15) is 14.3 Å². The van der Waals surface area contributed by atoms with Gasteiger partial charge in [0, 0.05) is 6.54 Å². The lowest BCUT2D eigenvalue weighted by molar-refractivity contribution is -0.135. The molecule has 2 unspecified atom stereocenters. The number of ether oxygens (including phenoxy) is 1. The van der Waals surface area contributed by atoms with E-state index in [-0.39, 0.29) is 36.8 Å². The number of para-hydroxylation sites is 1. The lowest BCUT2D eigenvalue weighted by atomic mass is 10.0. The molecule has 104 valence electrons. The van der Waals surface area contributed by atoms with Crippen LogP contribution in [-0.2, 0) is 4.79 Å². The van der Waals surface area contributed by atoms with Crippen LogP contribution in [0.25, 0.3) is 0 Å². The van der Waals surface area contributed by atoms with Crippen molar-refractivity contribution in [2.45, 2.75) is 19.4 Å². The van der Waals surface area contributed by atoms with Crippen LogP contribution in [-0.4, -0.2) is 41.7 Å². The summed E-state index contributed by atoms with van der Waals surface area (Å²) in [6.07, 6.45) is 0.872. The van der Waals surface area contributed by atoms with E-state index >= 15 is 0 Å². The smallest absolute Gasteiger partial charge is 0.260 e. The van der Waals surface area contributed by atoms with Gasteiger partial charge in [-0.1, -0.05) is 19.1 Å². The molecule has 0 saturated carbocycles. The largest absolute Gasteiger partial charge is 0.481 e. The molecule has 1 aliphatic rings. The minimum Gasteiger partial charge on any atom is -0.481 e. The molecular formula is C14H18FNO3. The normalized spacial score (nSPS) is 22.6. The third-order valence-electron chi connectivity index (χ3n) is 3.58. The number of halogens is 1. The fraction of sp³-hybridized carbons (Fsp3) is 0.500. The molecule has 0 aliphatic carbocycles. The van der Waals surface area contributed by atoms with Crippen LogP contribution in [0, 0.1) is 11.7 Å². The first kappa shape index (κ1) is 13.8. The molecule has 1 saturated heterocycles. The van der Waals surface area contributed by atoms with Crippen molar-refractivity contribution >= 4 is 5.91 Å². The number of hydrogen-bond donors (Lipinski definition) is 1. The minimum atomic E-state index is -0.483. The van der Waals surface area contributed by atoms with Gasteiger partial charge < -0.3 is 14.7 Å². The lowest BCUT2D eigenvalue weighted by Gasteiger charge is -2.25. The second kappa shape index (κ2) is 6.02. The zero-order chi connectivity index (χ0) is 13.8. The Labute approximate surface area is 111 Å². The van der Waals surface area contributed by atoms with Crippen molar-refractivity contribution in [1.29, 1.82) is 0 Å². The molecule has 1 fully saturated rings. The van der Waals surface area contributed by atoms with E-state index in [1.54, 1.807) is 17.0 Å². The van der Waals surface area contributed by atoms with Gasteiger partial charge in [-0.2, -0.15) is 0 Å². The number of carbonyl (C=O) groups is 1. The first-order valence-corrected chi connectivity index (χ1v) is 6.41. The van der Waals surface area contributed by atoms with E-state index in [0.717, 1.165) is 6.42 Å². The van der Waals surface area contributed by atoms with Crippen molar-refractivity contribution in [2.75, 3.05) is 19.8 Å². The monoisotopic (exact) mass is 267 g/mol. The summed E-state index contributed by atoms with van der Waals surface area (Å²) >= 11 is 0. The second-order valence-electron chi connectivity index (χ2n) is 4.82. The molecule has 1 aliphatic heterocycles. The second-order valence-corrected chi connectivity index (χ2v) is 4.82. The number of carbonyl (C=O) groups excluding carboxylic acids is 1. The van der Waals surface area contributed by atoms with Crippen LogP contribution in [0.4, 0.5) is 4.39 Å². The SMILES string of the molecule is CC1CCN(C(=O)COc2ccccc2F)C1CO. The number of hydrogen-bond acceptors (Lipinski definition) is 3. The molecule has 1 aromatic rings. The molecule has 4 nitrogen and oxygen atoms in total. The molecule has 0 spiro atoms. The van der Waals surface area contributed by atoms with Crippen molar-refractivity contribution in [3.05, 3.63) is 30.1 Å². The molecule has 0 bridgehead atoms. The summed E-state index contributed by atoms with van der Waals surface area (Å²) in [5.41, 5.74) is 0. The molecule has 2 atom stereocenters. The van der Waals surface area contributed by atoms with Crippen molar-refractivity contribution < 1.29 is 19.0 Å². The molecule has 5 heteroatoms. The number of benzene rings is 1. The third-order valence-corrected chi connectivity index (χ3v) is 3.58. The van der Waals surface area contributed by atoms with Crippen LogP contribution in [0.15, 0.2) is 24.3 Å². The predicted octanol–water partition coefficient (Wildman–Crippen LogP) is 1.43. The number of aliphatic hydroxyl groups excluding tert-OH is 1. The highest BCUT2D eigenvalue weighted by molar-refractivity contribution is 5.78. The van der Waals surface area contributed by atoms with E-state index in [0.29, 0.717) is 6.54 Å². The molecule has 1 amide bonds. The van der Waals surface area contributed by atoms with Gasteiger partial charge in [-0.3, -0.25) is 4.79 Å². The zero-order valence-electron chi connectivity index (χ0n) is 10.9. The fourth-order valence-electron chi connectivity index (χ4n) is 2.38. The fourth-order valence-corrected chi connectivity index (χ4v) is 2.38. The number of nitrogens with zero attached hydrogens (tertiary/aromatic N) is 1. The van der Waals surface area contributed by atoms with E-state index in [1.165, 1.54) is 12.1 Å². The van der Waals surface area contributed by atoms with Gasteiger partial charge in [0.05, 0.1) is 12.6 Å². The highest BCUT2D eigenvalue weighted by Gasteiger charge is 2.33. The van der Waals surface area contributed by atoms with E-state index < -0.39 is 5.82 Å². The van der Waals surface area contributed by atoms with Gasteiger partial charge >= 0.3 is 0 Å². The molecule has 1 aromatic carbocycles. The average molecular weight is 267 g/mol. The summed E-state index contributed by atoms with van der Waals surface area (Å²) in [5.74, 6) is -0.346. The van der Waals surface area contributed by atoms with E-state index in [1.807, 2.05) is 6.92 Å². The maximum absolute atomic E-state index is 13.3. The Bertz CT molecular complexity index is 452. The maximum atomic E-state index is 13.3. The van der Waals surface area contributed by atoms with Gasteiger partial charge in [-0.05, 0) is 24.5 Å². The Morgan fingerprint density at radius 2 is 2.26 bits per heavy atom. The topological polar surface area (TPSA) is 49.8 Å². The Hall–Kier alpha value is -1.62. The van der Waals surface area contributed by atoms with E-state index in [2.05, 4.69) is 0 Å². The Balaban J connectivity index is 1.93. The summed E-state index contributed by atoms with van der Waals surface area (Å²) in [7, 11) is 0. The Morgan fingerprint density at radius 3 is 2.95 bits per heavy atom. The average Bonchev–Trinajstić information content (AvgIpc) is 2.78. The van der Waals surface area contributed by atoms with Gasteiger partial charge in [0.25, 0.3) is 5.91 Å². The van der Waals surface area contributed by atoms with E-state index in [4.69, 9.17) is 4.74 Å². The van der Waals surface area contributed by atoms with Crippen LogP contribution in [0.3, 0.4) is 0 Å². The molecule has 19 heavy (non-hydrogen) atoms. The summed E-state index contributed by atoms with van der Waals surface area (Å²) in [6.45, 7) is 2.37. The quantitative estimate of drug-likeness (QED) is 0.898. The highest BCUT2D eigenvalue weighted by atomic mass is 19.1. The maximum Gasteiger partial charge on any atom is 0.260 e. The standard InChI is InChI=1S/C14H18FNO3/c1-10-6-7-16(12(10)8-17)14(18)9-19-13-5-3-2-4-11(13)15/h2-5,10,12,17H,6-9H2,1H3. The first-order chi connectivity index (χ1) is 9.13. The first-order valence-electron chi connectivity index (χ1n) is 6.41. The minimum absolute atomic E-state index is 0.0490. The predicted molar refractivity (Wildman–Crippen MR) is 68.3 cm³/mol. The van der Waals surface area contributed by atoms with Crippen LogP contribution in [0.2, 0.25) is 0 Å². The molecule has 0 radical (unpaired) electrons. The van der Waals surface area contributed by atoms with Crippen LogP contribution in [0.1, 0.15) is 13.3 Å². The van der Waals surface area contributed by atoms with Crippen molar-refractivity contribution in [3.63, 3.8) is 0 Å². The Kier molecular flexibility index (Phi) is 4.37. The van der Waals surface area contributed by atoms with Gasteiger partial charge in [0.2, 0.25) is 0 Å². The summed E-state index contributed by atoms with van der Waals surface area (Å²) in [6, 6.07) is 5.83. The van der Waals surface area contributed by atoms with Crippen molar-refractivity contribution in [2.24, 2.45) is 5.92 Å². The van der Waals surface area contributed by atoms with Crippen LogP contribution >= 0.6 is 0 Å². The van der Waals surface area contributed by atoms with Gasteiger partial charge in [0.15, 0.2) is 18.2 Å². The van der Waals surface area contributed by atoms with Gasteiger partial charge in [-0.15, -0.1) is 0 Å². The van der Waals surface area contributed by atoms with Crippen LogP contribution in [0.5, 0.6) is 5.75 Å². The third kappa shape index (κ3) is 3.04. The highest BCUT2D eigenvalue weighted by Crippen LogP contribution is 2.24. The lowest BCUT2D eigenvalue weighted by Crippen LogP contribution is -2.42. The number of amides is 1.